The van der Waals surface area contributed by atoms with Gasteiger partial charge in [0.25, 0.3) is 0 Å². The summed E-state index contributed by atoms with van der Waals surface area (Å²) in [5, 5.41) is 3.30. The van der Waals surface area contributed by atoms with E-state index >= 15 is 0 Å². The number of nitrogens with zero attached hydrogens (tertiary/aromatic N) is 1. The number of rotatable bonds is 6. The van der Waals surface area contributed by atoms with E-state index in [4.69, 9.17) is 14.2 Å². The summed E-state index contributed by atoms with van der Waals surface area (Å²) in [6.45, 7) is 2.42. The van der Waals surface area contributed by atoms with Crippen LogP contribution in [0.3, 0.4) is 0 Å². The fourth-order valence-electron chi connectivity index (χ4n) is 4.61. The van der Waals surface area contributed by atoms with Crippen molar-refractivity contribution in [1.29, 1.82) is 0 Å². The molecule has 168 valence electrons. The molecular formula is C21H29F3N2O4. The number of methoxy groups -OCH3 is 3. The molecular weight excluding hydrogens is 401 g/mol. The monoisotopic (exact) mass is 430 g/mol. The van der Waals surface area contributed by atoms with Crippen molar-refractivity contribution < 1.29 is 32.2 Å². The Bertz CT molecular complexity index is 750. The van der Waals surface area contributed by atoms with Gasteiger partial charge in [-0.1, -0.05) is 6.07 Å². The smallest absolute Gasteiger partial charge is 0.416 e. The predicted octanol–water partition coefficient (Wildman–Crippen LogP) is 2.81. The Morgan fingerprint density at radius 3 is 2.50 bits per heavy atom. The molecule has 0 amide bonds. The maximum Gasteiger partial charge on any atom is 0.416 e. The Kier molecular flexibility index (Phi) is 6.94. The summed E-state index contributed by atoms with van der Waals surface area (Å²) in [7, 11) is 4.54. The van der Waals surface area contributed by atoms with E-state index in [1.54, 1.807) is 20.3 Å². The molecule has 2 atom stereocenters. The van der Waals surface area contributed by atoms with Crippen molar-refractivity contribution in [3.8, 4) is 0 Å². The normalized spacial score (nSPS) is 25.5. The number of benzene rings is 1. The first kappa shape index (κ1) is 22.8. The maximum atomic E-state index is 13.5. The van der Waals surface area contributed by atoms with Gasteiger partial charge in [-0.05, 0) is 30.5 Å². The second kappa shape index (κ2) is 9.11. The zero-order chi connectivity index (χ0) is 21.9. The summed E-state index contributed by atoms with van der Waals surface area (Å²) in [6.07, 6.45) is -3.35. The molecule has 2 aliphatic rings. The van der Waals surface area contributed by atoms with Gasteiger partial charge in [-0.3, -0.25) is 4.79 Å². The van der Waals surface area contributed by atoms with Gasteiger partial charge in [0.2, 0.25) is 0 Å². The van der Waals surface area contributed by atoms with E-state index in [9.17, 15) is 18.0 Å². The van der Waals surface area contributed by atoms with Crippen molar-refractivity contribution >= 4 is 11.7 Å². The number of piperidine rings is 1. The number of esters is 1. The number of halogens is 3. The van der Waals surface area contributed by atoms with Crippen molar-refractivity contribution in [3.63, 3.8) is 0 Å². The number of ether oxygens (including phenoxy) is 3. The Balaban J connectivity index is 1.97. The number of anilines is 1. The molecule has 2 aliphatic heterocycles. The van der Waals surface area contributed by atoms with Gasteiger partial charge in [0.15, 0.2) is 0 Å². The summed E-state index contributed by atoms with van der Waals surface area (Å²) in [5.74, 6) is -0.657. The van der Waals surface area contributed by atoms with E-state index < -0.39 is 17.3 Å². The van der Waals surface area contributed by atoms with Crippen molar-refractivity contribution in [2.45, 2.75) is 30.5 Å². The van der Waals surface area contributed by atoms with Crippen LogP contribution in [0.2, 0.25) is 0 Å². The molecule has 3 rings (SSSR count). The SMILES string of the molecule is COC[C@@]1(OC)CNC[C@@H]1c1ccc(C(F)(F)F)cc1N1CCC(C(=O)OC)CC1. The fraction of sp³-hybridized carbons (Fsp3) is 0.667. The van der Waals surface area contributed by atoms with Gasteiger partial charge in [0.1, 0.15) is 5.60 Å². The van der Waals surface area contributed by atoms with Crippen LogP contribution >= 0.6 is 0 Å². The molecule has 0 aromatic heterocycles. The van der Waals surface area contributed by atoms with Gasteiger partial charge in [-0.15, -0.1) is 0 Å². The van der Waals surface area contributed by atoms with Crippen molar-refractivity contribution in [2.75, 3.05) is 59.0 Å². The zero-order valence-electron chi connectivity index (χ0n) is 17.6. The first-order chi connectivity index (χ1) is 14.3. The molecule has 6 nitrogen and oxygen atoms in total. The lowest BCUT2D eigenvalue weighted by Gasteiger charge is -2.38. The van der Waals surface area contributed by atoms with Crippen LogP contribution in [0.1, 0.15) is 29.9 Å². The molecule has 0 aliphatic carbocycles. The van der Waals surface area contributed by atoms with Crippen LogP contribution in [0.25, 0.3) is 0 Å². The highest BCUT2D eigenvalue weighted by atomic mass is 19.4. The second-order valence-corrected chi connectivity index (χ2v) is 7.94. The number of nitrogens with one attached hydrogen (secondary N) is 1. The molecule has 0 saturated carbocycles. The summed E-state index contributed by atoms with van der Waals surface area (Å²) in [4.78, 5) is 13.8. The van der Waals surface area contributed by atoms with Gasteiger partial charge in [-0.2, -0.15) is 13.2 Å². The van der Waals surface area contributed by atoms with Crippen LogP contribution in [0.15, 0.2) is 18.2 Å². The molecule has 2 heterocycles. The molecule has 1 N–H and O–H groups in total. The van der Waals surface area contributed by atoms with Crippen LogP contribution in [-0.2, 0) is 25.2 Å². The lowest BCUT2D eigenvalue weighted by Crippen LogP contribution is -2.44. The van der Waals surface area contributed by atoms with Crippen molar-refractivity contribution in [3.05, 3.63) is 29.3 Å². The molecule has 0 spiro atoms. The van der Waals surface area contributed by atoms with Crippen LogP contribution in [0, 0.1) is 5.92 Å². The van der Waals surface area contributed by atoms with Gasteiger partial charge in [-0.25, -0.2) is 0 Å². The lowest BCUT2D eigenvalue weighted by molar-refractivity contribution is -0.146. The summed E-state index contributed by atoms with van der Waals surface area (Å²) < 4.78 is 56.4. The van der Waals surface area contributed by atoms with Crippen LogP contribution in [0.4, 0.5) is 18.9 Å². The van der Waals surface area contributed by atoms with E-state index in [0.717, 1.165) is 11.6 Å². The molecule has 0 bridgehead atoms. The van der Waals surface area contributed by atoms with E-state index in [0.29, 0.717) is 51.3 Å². The first-order valence-corrected chi connectivity index (χ1v) is 10.0. The van der Waals surface area contributed by atoms with E-state index in [1.165, 1.54) is 13.2 Å². The number of carbonyl (C=O) groups is 1. The largest absolute Gasteiger partial charge is 0.469 e. The quantitative estimate of drug-likeness (QED) is 0.701. The fourth-order valence-corrected chi connectivity index (χ4v) is 4.61. The lowest BCUT2D eigenvalue weighted by atomic mass is 9.83. The summed E-state index contributed by atoms with van der Waals surface area (Å²) >= 11 is 0. The van der Waals surface area contributed by atoms with Crippen molar-refractivity contribution in [1.82, 2.24) is 5.32 Å². The van der Waals surface area contributed by atoms with E-state index in [2.05, 4.69) is 5.32 Å². The molecule has 2 saturated heterocycles. The third kappa shape index (κ3) is 4.43. The summed E-state index contributed by atoms with van der Waals surface area (Å²) in [5.41, 5.74) is -0.00651. The maximum absolute atomic E-state index is 13.5. The summed E-state index contributed by atoms with van der Waals surface area (Å²) in [6, 6.07) is 3.91. The minimum Gasteiger partial charge on any atom is -0.469 e. The minimum absolute atomic E-state index is 0.168. The molecule has 9 heteroatoms. The molecule has 0 radical (unpaired) electrons. The average molecular weight is 430 g/mol. The Labute approximate surface area is 174 Å². The van der Waals surface area contributed by atoms with Gasteiger partial charge in [0.05, 0.1) is 25.2 Å². The van der Waals surface area contributed by atoms with E-state index in [1.807, 2.05) is 4.90 Å². The third-order valence-corrected chi connectivity index (χ3v) is 6.31. The first-order valence-electron chi connectivity index (χ1n) is 10.0. The minimum atomic E-state index is -4.43. The molecule has 1 aromatic carbocycles. The number of hydrogen-bond acceptors (Lipinski definition) is 6. The van der Waals surface area contributed by atoms with Crippen molar-refractivity contribution in [2.24, 2.45) is 5.92 Å². The van der Waals surface area contributed by atoms with Crippen LogP contribution in [0.5, 0.6) is 0 Å². The number of hydrogen-bond donors (Lipinski definition) is 1. The molecule has 2 fully saturated rings. The van der Waals surface area contributed by atoms with E-state index in [-0.39, 0.29) is 17.8 Å². The number of carbonyl (C=O) groups excluding carboxylic acids is 1. The standard InChI is InChI=1S/C21H29F3N2O4/c1-28-13-20(30-3)12-25-11-17(20)16-5-4-15(21(22,23)24)10-18(16)26-8-6-14(7-9-26)19(27)29-2/h4-5,10,14,17,25H,6-9,11-13H2,1-3H3/t17-,20+/m1/s1. The Hall–Kier alpha value is -1.84. The third-order valence-electron chi connectivity index (χ3n) is 6.31. The Morgan fingerprint density at radius 1 is 1.23 bits per heavy atom. The van der Waals surface area contributed by atoms with Gasteiger partial charge in [0, 0.05) is 52.0 Å². The van der Waals surface area contributed by atoms with Gasteiger partial charge >= 0.3 is 12.1 Å². The average Bonchev–Trinajstić information content (AvgIpc) is 3.16. The highest BCUT2D eigenvalue weighted by molar-refractivity contribution is 5.73. The molecule has 0 unspecified atom stereocenters. The highest BCUT2D eigenvalue weighted by Gasteiger charge is 2.46. The zero-order valence-corrected chi connectivity index (χ0v) is 17.6. The molecule has 1 aromatic rings. The highest BCUT2D eigenvalue weighted by Crippen LogP contribution is 2.43. The number of alkyl halides is 3. The second-order valence-electron chi connectivity index (χ2n) is 7.94. The predicted molar refractivity (Wildman–Crippen MR) is 106 cm³/mol. The topological polar surface area (TPSA) is 60.0 Å². The molecule has 30 heavy (non-hydrogen) atoms. The van der Waals surface area contributed by atoms with Crippen LogP contribution < -0.4 is 10.2 Å². The Morgan fingerprint density at radius 2 is 1.93 bits per heavy atom. The van der Waals surface area contributed by atoms with Crippen LogP contribution in [-0.4, -0.2) is 65.7 Å². The van der Waals surface area contributed by atoms with Gasteiger partial charge < -0.3 is 24.4 Å².